The summed E-state index contributed by atoms with van der Waals surface area (Å²) in [4.78, 5) is 16.5. The Labute approximate surface area is 123 Å². The average Bonchev–Trinajstić information content (AvgIpc) is 3.02. The van der Waals surface area contributed by atoms with E-state index < -0.39 is 5.82 Å². The number of para-hydroxylation sites is 2. The standard InChI is InChI=1S/C16H9FN2OS/c17-11-5-3-4-9-10(16(20)19-15(9)11)8-14-18-12-6-1-2-7-13(12)21-14/h1-8H,(H,19,20)/b10-8+. The molecule has 2 aromatic carbocycles. The van der Waals surface area contributed by atoms with Crippen molar-refractivity contribution in [3.05, 3.63) is 58.9 Å². The number of anilines is 1. The molecule has 0 saturated heterocycles. The molecule has 1 aromatic heterocycles. The van der Waals surface area contributed by atoms with Gasteiger partial charge in [0.15, 0.2) is 0 Å². The van der Waals surface area contributed by atoms with Gasteiger partial charge in [-0.25, -0.2) is 9.37 Å². The number of hydrogen-bond acceptors (Lipinski definition) is 3. The predicted octanol–water partition coefficient (Wildman–Crippen LogP) is 3.93. The fourth-order valence-electron chi connectivity index (χ4n) is 2.40. The van der Waals surface area contributed by atoms with Crippen LogP contribution in [0.4, 0.5) is 10.1 Å². The van der Waals surface area contributed by atoms with Crippen molar-refractivity contribution in [1.82, 2.24) is 4.98 Å². The normalized spacial score (nSPS) is 15.5. The third kappa shape index (κ3) is 1.94. The van der Waals surface area contributed by atoms with Gasteiger partial charge in [-0.2, -0.15) is 0 Å². The van der Waals surface area contributed by atoms with Gasteiger partial charge in [-0.1, -0.05) is 24.3 Å². The smallest absolute Gasteiger partial charge is 0.256 e. The molecule has 1 aliphatic heterocycles. The van der Waals surface area contributed by atoms with Crippen LogP contribution in [-0.4, -0.2) is 10.9 Å². The maximum atomic E-state index is 13.7. The lowest BCUT2D eigenvalue weighted by atomic mass is 10.1. The minimum absolute atomic E-state index is 0.245. The molecule has 2 heterocycles. The second-order valence-electron chi connectivity index (χ2n) is 4.69. The van der Waals surface area contributed by atoms with E-state index in [1.807, 2.05) is 24.3 Å². The fraction of sp³-hybridized carbons (Fsp3) is 0. The summed E-state index contributed by atoms with van der Waals surface area (Å²) in [5, 5.41) is 3.30. The van der Waals surface area contributed by atoms with Gasteiger partial charge in [-0.05, 0) is 24.3 Å². The number of amides is 1. The Balaban J connectivity index is 1.86. The van der Waals surface area contributed by atoms with Gasteiger partial charge < -0.3 is 5.32 Å². The van der Waals surface area contributed by atoms with Crippen molar-refractivity contribution in [2.45, 2.75) is 0 Å². The molecular weight excluding hydrogens is 287 g/mol. The molecule has 1 amide bonds. The lowest BCUT2D eigenvalue weighted by Crippen LogP contribution is -2.04. The van der Waals surface area contributed by atoms with E-state index in [0.717, 1.165) is 15.2 Å². The van der Waals surface area contributed by atoms with E-state index in [2.05, 4.69) is 10.3 Å². The van der Waals surface area contributed by atoms with Crippen LogP contribution in [0.15, 0.2) is 42.5 Å². The second kappa shape index (κ2) is 4.49. The summed E-state index contributed by atoms with van der Waals surface area (Å²) in [6.45, 7) is 0. The largest absolute Gasteiger partial charge is 0.319 e. The van der Waals surface area contributed by atoms with E-state index >= 15 is 0 Å². The van der Waals surface area contributed by atoms with Gasteiger partial charge in [0.1, 0.15) is 10.8 Å². The number of benzene rings is 2. The van der Waals surface area contributed by atoms with E-state index in [9.17, 15) is 9.18 Å². The molecule has 0 fully saturated rings. The first-order valence-corrected chi connectivity index (χ1v) is 7.21. The van der Waals surface area contributed by atoms with Crippen LogP contribution in [0.2, 0.25) is 0 Å². The first-order valence-electron chi connectivity index (χ1n) is 6.40. The SMILES string of the molecule is O=C1Nc2c(F)cccc2/C1=C\c1nc2ccccc2s1. The number of thiazole rings is 1. The number of aromatic nitrogens is 1. The number of carbonyl (C=O) groups excluding carboxylic acids is 1. The zero-order valence-corrected chi connectivity index (χ0v) is 11.6. The van der Waals surface area contributed by atoms with E-state index in [1.54, 1.807) is 18.2 Å². The molecule has 0 aliphatic carbocycles. The minimum atomic E-state index is -0.423. The molecule has 0 atom stereocenters. The lowest BCUT2D eigenvalue weighted by Gasteiger charge is -1.97. The number of rotatable bonds is 1. The Kier molecular flexibility index (Phi) is 2.62. The second-order valence-corrected chi connectivity index (χ2v) is 5.76. The zero-order valence-electron chi connectivity index (χ0n) is 10.8. The summed E-state index contributed by atoms with van der Waals surface area (Å²) in [5.74, 6) is -0.720. The van der Waals surface area contributed by atoms with Crippen LogP contribution in [0.5, 0.6) is 0 Å². The maximum Gasteiger partial charge on any atom is 0.256 e. The Morgan fingerprint density at radius 3 is 2.86 bits per heavy atom. The van der Waals surface area contributed by atoms with Crippen molar-refractivity contribution in [3.8, 4) is 0 Å². The molecule has 3 aromatic rings. The molecule has 102 valence electrons. The minimum Gasteiger partial charge on any atom is -0.319 e. The van der Waals surface area contributed by atoms with Gasteiger partial charge in [0.2, 0.25) is 0 Å². The molecule has 1 aliphatic rings. The first kappa shape index (κ1) is 12.2. The molecule has 0 bridgehead atoms. The van der Waals surface area contributed by atoms with E-state index in [4.69, 9.17) is 0 Å². The molecule has 3 nitrogen and oxygen atoms in total. The number of nitrogens with one attached hydrogen (secondary N) is 1. The number of hydrogen-bond donors (Lipinski definition) is 1. The van der Waals surface area contributed by atoms with Crippen LogP contribution < -0.4 is 5.32 Å². The van der Waals surface area contributed by atoms with Crippen molar-refractivity contribution < 1.29 is 9.18 Å². The molecule has 5 heteroatoms. The van der Waals surface area contributed by atoms with Crippen molar-refractivity contribution in [3.63, 3.8) is 0 Å². The average molecular weight is 296 g/mol. The molecule has 1 N–H and O–H groups in total. The van der Waals surface area contributed by atoms with Crippen LogP contribution >= 0.6 is 11.3 Å². The van der Waals surface area contributed by atoms with Gasteiger partial charge >= 0.3 is 0 Å². The summed E-state index contributed by atoms with van der Waals surface area (Å²) < 4.78 is 14.7. The van der Waals surface area contributed by atoms with Crippen LogP contribution in [0.1, 0.15) is 10.6 Å². The van der Waals surface area contributed by atoms with Gasteiger partial charge in [-0.3, -0.25) is 4.79 Å². The van der Waals surface area contributed by atoms with Gasteiger partial charge in [0.25, 0.3) is 5.91 Å². The Bertz CT molecular complexity index is 881. The summed E-state index contributed by atoms with van der Waals surface area (Å²) in [6.07, 6.45) is 1.71. The van der Waals surface area contributed by atoms with Crippen molar-refractivity contribution >= 4 is 44.8 Å². The highest BCUT2D eigenvalue weighted by atomic mass is 32.1. The number of fused-ring (bicyclic) bond motifs is 2. The summed E-state index contributed by atoms with van der Waals surface area (Å²) in [5.41, 5.74) is 2.17. The molecule has 4 rings (SSSR count). The van der Waals surface area contributed by atoms with Crippen molar-refractivity contribution in [2.75, 3.05) is 5.32 Å². The summed E-state index contributed by atoms with van der Waals surface area (Å²) >= 11 is 1.50. The Morgan fingerprint density at radius 2 is 2.00 bits per heavy atom. The first-order chi connectivity index (χ1) is 10.2. The van der Waals surface area contributed by atoms with Crippen LogP contribution in [-0.2, 0) is 4.79 Å². The molecular formula is C16H9FN2OS. The third-order valence-electron chi connectivity index (χ3n) is 3.37. The Morgan fingerprint density at radius 1 is 1.14 bits per heavy atom. The van der Waals surface area contributed by atoms with Crippen LogP contribution in [0.3, 0.4) is 0 Å². The topological polar surface area (TPSA) is 42.0 Å². The zero-order chi connectivity index (χ0) is 14.4. The van der Waals surface area contributed by atoms with Gasteiger partial charge in [0, 0.05) is 5.56 Å². The number of carbonyl (C=O) groups is 1. The Hall–Kier alpha value is -2.53. The van der Waals surface area contributed by atoms with E-state index in [0.29, 0.717) is 11.1 Å². The summed E-state index contributed by atoms with van der Waals surface area (Å²) in [7, 11) is 0. The molecule has 0 spiro atoms. The van der Waals surface area contributed by atoms with Gasteiger partial charge in [0.05, 0.1) is 21.5 Å². The predicted molar refractivity (Wildman–Crippen MR) is 82.5 cm³/mol. The summed E-state index contributed by atoms with van der Waals surface area (Å²) in [6, 6.07) is 12.4. The lowest BCUT2D eigenvalue weighted by molar-refractivity contribution is -0.110. The fourth-order valence-corrected chi connectivity index (χ4v) is 3.31. The van der Waals surface area contributed by atoms with Crippen molar-refractivity contribution in [2.24, 2.45) is 0 Å². The molecule has 0 unspecified atom stereocenters. The number of nitrogens with zero attached hydrogens (tertiary/aromatic N) is 1. The maximum absolute atomic E-state index is 13.7. The van der Waals surface area contributed by atoms with Crippen LogP contribution in [0.25, 0.3) is 21.9 Å². The number of halogens is 1. The third-order valence-corrected chi connectivity index (χ3v) is 4.35. The van der Waals surface area contributed by atoms with Gasteiger partial charge in [-0.15, -0.1) is 11.3 Å². The monoisotopic (exact) mass is 296 g/mol. The highest BCUT2D eigenvalue weighted by molar-refractivity contribution is 7.19. The van der Waals surface area contributed by atoms with Crippen molar-refractivity contribution in [1.29, 1.82) is 0 Å². The highest BCUT2D eigenvalue weighted by Gasteiger charge is 2.26. The molecule has 0 radical (unpaired) electrons. The quantitative estimate of drug-likeness (QED) is 0.691. The van der Waals surface area contributed by atoms with Crippen LogP contribution in [0, 0.1) is 5.82 Å². The van der Waals surface area contributed by atoms with E-state index in [1.165, 1.54) is 17.4 Å². The highest BCUT2D eigenvalue weighted by Crippen LogP contribution is 2.35. The molecule has 0 saturated carbocycles. The van der Waals surface area contributed by atoms with E-state index in [-0.39, 0.29) is 11.6 Å². The molecule has 21 heavy (non-hydrogen) atoms.